The molecule has 0 aliphatic carbocycles. The molecule has 5 heteroatoms. The molecule has 0 atom stereocenters. The summed E-state index contributed by atoms with van der Waals surface area (Å²) in [4.78, 5) is 2.38. The van der Waals surface area contributed by atoms with Crippen LogP contribution < -0.4 is 5.73 Å². The van der Waals surface area contributed by atoms with E-state index < -0.39 is 0 Å². The lowest BCUT2D eigenvalue weighted by Crippen LogP contribution is -2.38. The first kappa shape index (κ1) is 9.48. The molecule has 0 spiro atoms. The normalized spacial score (nSPS) is 18.6. The highest BCUT2D eigenvalue weighted by Gasteiger charge is 2.09. The summed E-state index contributed by atoms with van der Waals surface area (Å²) < 4.78 is 7.15. The maximum absolute atomic E-state index is 5.57. The minimum absolute atomic E-state index is 0.729. The molecule has 1 aromatic rings. The number of aromatic nitrogens is 2. The Kier molecular flexibility index (Phi) is 3.00. The second-order valence-electron chi connectivity index (χ2n) is 3.49. The van der Waals surface area contributed by atoms with E-state index >= 15 is 0 Å². The second kappa shape index (κ2) is 4.43. The largest absolute Gasteiger partial charge is 0.396 e. The van der Waals surface area contributed by atoms with E-state index in [0.717, 1.165) is 45.1 Å². The number of nitrogen functional groups attached to an aromatic ring is 1. The molecule has 0 bridgehead atoms. The lowest BCUT2D eigenvalue weighted by Gasteiger charge is -2.26. The maximum atomic E-state index is 5.57. The van der Waals surface area contributed by atoms with Crippen molar-refractivity contribution in [2.24, 2.45) is 0 Å². The molecule has 1 aromatic heterocycles. The van der Waals surface area contributed by atoms with E-state index in [2.05, 4.69) is 10.00 Å². The highest BCUT2D eigenvalue weighted by molar-refractivity contribution is 5.30. The van der Waals surface area contributed by atoms with Gasteiger partial charge in [-0.05, 0) is 0 Å². The van der Waals surface area contributed by atoms with Crippen molar-refractivity contribution in [1.82, 2.24) is 14.7 Å². The fourth-order valence-electron chi connectivity index (χ4n) is 1.57. The molecule has 0 saturated carbocycles. The number of hydrogen-bond donors (Lipinski definition) is 1. The lowest BCUT2D eigenvalue weighted by atomic mass is 10.4. The lowest BCUT2D eigenvalue weighted by molar-refractivity contribution is 0.0360. The minimum atomic E-state index is 0.729. The zero-order chi connectivity index (χ0) is 9.80. The van der Waals surface area contributed by atoms with Gasteiger partial charge in [-0.2, -0.15) is 5.10 Å². The summed E-state index contributed by atoms with van der Waals surface area (Å²) in [5.74, 6) is 0. The molecule has 0 aromatic carbocycles. The Bertz CT molecular complexity index is 280. The van der Waals surface area contributed by atoms with Crippen LogP contribution in [0.1, 0.15) is 0 Å². The third-order valence-electron chi connectivity index (χ3n) is 2.40. The molecule has 0 radical (unpaired) electrons. The summed E-state index contributed by atoms with van der Waals surface area (Å²) in [5, 5.41) is 4.13. The Morgan fingerprint density at radius 3 is 2.79 bits per heavy atom. The average molecular weight is 196 g/mol. The predicted octanol–water partition coefficient (Wildman–Crippen LogP) is -0.203. The number of anilines is 1. The van der Waals surface area contributed by atoms with Crippen LogP contribution in [-0.2, 0) is 11.3 Å². The van der Waals surface area contributed by atoms with E-state index in [1.54, 1.807) is 6.20 Å². The summed E-state index contributed by atoms with van der Waals surface area (Å²) in [6.07, 6.45) is 3.54. The van der Waals surface area contributed by atoms with E-state index in [1.165, 1.54) is 0 Å². The van der Waals surface area contributed by atoms with E-state index in [4.69, 9.17) is 10.5 Å². The number of morpholine rings is 1. The third kappa shape index (κ3) is 2.46. The molecule has 1 aliphatic heterocycles. The molecule has 1 saturated heterocycles. The van der Waals surface area contributed by atoms with Crippen molar-refractivity contribution in [2.75, 3.05) is 38.6 Å². The van der Waals surface area contributed by atoms with Gasteiger partial charge in [0.05, 0.1) is 31.6 Å². The van der Waals surface area contributed by atoms with Crippen molar-refractivity contribution in [3.63, 3.8) is 0 Å². The molecular formula is C9H16N4O. The molecule has 1 aliphatic rings. The van der Waals surface area contributed by atoms with Crippen LogP contribution in [0, 0.1) is 0 Å². The Hall–Kier alpha value is -1.07. The van der Waals surface area contributed by atoms with Gasteiger partial charge in [0.1, 0.15) is 0 Å². The summed E-state index contributed by atoms with van der Waals surface area (Å²) in [6.45, 7) is 5.66. The van der Waals surface area contributed by atoms with Crippen LogP contribution in [-0.4, -0.2) is 47.5 Å². The van der Waals surface area contributed by atoms with Gasteiger partial charge >= 0.3 is 0 Å². The fraction of sp³-hybridized carbons (Fsp3) is 0.667. The maximum Gasteiger partial charge on any atom is 0.0719 e. The highest BCUT2D eigenvalue weighted by Crippen LogP contribution is 2.00. The average Bonchev–Trinajstić information content (AvgIpc) is 2.63. The SMILES string of the molecule is Nc1cnn(CCN2CCOCC2)c1. The van der Waals surface area contributed by atoms with Crippen LogP contribution in [0.4, 0.5) is 5.69 Å². The molecule has 5 nitrogen and oxygen atoms in total. The van der Waals surface area contributed by atoms with Gasteiger partial charge in [-0.3, -0.25) is 9.58 Å². The van der Waals surface area contributed by atoms with Crippen LogP contribution in [0.5, 0.6) is 0 Å². The molecule has 0 unspecified atom stereocenters. The highest BCUT2D eigenvalue weighted by atomic mass is 16.5. The minimum Gasteiger partial charge on any atom is -0.396 e. The summed E-state index contributed by atoms with van der Waals surface area (Å²) in [6, 6.07) is 0. The van der Waals surface area contributed by atoms with Gasteiger partial charge in [-0.25, -0.2) is 0 Å². The summed E-state index contributed by atoms with van der Waals surface area (Å²) in [5.41, 5.74) is 6.30. The molecule has 2 rings (SSSR count). The van der Waals surface area contributed by atoms with E-state index in [9.17, 15) is 0 Å². The van der Waals surface area contributed by atoms with Crippen molar-refractivity contribution >= 4 is 5.69 Å². The van der Waals surface area contributed by atoms with Crippen molar-refractivity contribution in [3.05, 3.63) is 12.4 Å². The van der Waals surface area contributed by atoms with Crippen LogP contribution >= 0.6 is 0 Å². The monoisotopic (exact) mass is 196 g/mol. The number of ether oxygens (including phenoxy) is 1. The number of nitrogens with zero attached hydrogens (tertiary/aromatic N) is 3. The zero-order valence-electron chi connectivity index (χ0n) is 8.22. The van der Waals surface area contributed by atoms with E-state index in [-0.39, 0.29) is 0 Å². The van der Waals surface area contributed by atoms with Crippen molar-refractivity contribution in [1.29, 1.82) is 0 Å². The number of nitrogens with two attached hydrogens (primary N) is 1. The fourth-order valence-corrected chi connectivity index (χ4v) is 1.57. The topological polar surface area (TPSA) is 56.3 Å². The standard InChI is InChI=1S/C9H16N4O/c10-9-7-11-13(8-9)2-1-12-3-5-14-6-4-12/h7-8H,1-6,10H2. The van der Waals surface area contributed by atoms with E-state index in [1.807, 2.05) is 10.9 Å². The quantitative estimate of drug-likeness (QED) is 0.727. The van der Waals surface area contributed by atoms with Crippen molar-refractivity contribution < 1.29 is 4.74 Å². The Labute approximate surface area is 83.4 Å². The van der Waals surface area contributed by atoms with Gasteiger partial charge in [-0.1, -0.05) is 0 Å². The van der Waals surface area contributed by atoms with Gasteiger partial charge in [0.15, 0.2) is 0 Å². The van der Waals surface area contributed by atoms with Crippen LogP contribution in [0.15, 0.2) is 12.4 Å². The number of hydrogen-bond acceptors (Lipinski definition) is 4. The van der Waals surface area contributed by atoms with E-state index in [0.29, 0.717) is 0 Å². The molecular weight excluding hydrogens is 180 g/mol. The van der Waals surface area contributed by atoms with Gasteiger partial charge in [0.25, 0.3) is 0 Å². The zero-order valence-corrected chi connectivity index (χ0v) is 8.22. The first-order chi connectivity index (χ1) is 6.84. The van der Waals surface area contributed by atoms with Crippen LogP contribution in [0.2, 0.25) is 0 Å². The van der Waals surface area contributed by atoms with Gasteiger partial charge in [-0.15, -0.1) is 0 Å². The molecule has 1 fully saturated rings. The Balaban J connectivity index is 1.76. The molecule has 78 valence electrons. The second-order valence-corrected chi connectivity index (χ2v) is 3.49. The van der Waals surface area contributed by atoms with Gasteiger partial charge < -0.3 is 10.5 Å². The Morgan fingerprint density at radius 2 is 2.14 bits per heavy atom. The predicted molar refractivity (Wildman–Crippen MR) is 53.9 cm³/mol. The van der Waals surface area contributed by atoms with Gasteiger partial charge in [0, 0.05) is 25.8 Å². The first-order valence-corrected chi connectivity index (χ1v) is 4.92. The van der Waals surface area contributed by atoms with Crippen molar-refractivity contribution in [3.8, 4) is 0 Å². The number of rotatable bonds is 3. The third-order valence-corrected chi connectivity index (χ3v) is 2.40. The smallest absolute Gasteiger partial charge is 0.0719 e. The van der Waals surface area contributed by atoms with Gasteiger partial charge in [0.2, 0.25) is 0 Å². The summed E-state index contributed by atoms with van der Waals surface area (Å²) >= 11 is 0. The molecule has 2 heterocycles. The molecule has 2 N–H and O–H groups in total. The first-order valence-electron chi connectivity index (χ1n) is 4.92. The molecule has 0 amide bonds. The Morgan fingerprint density at radius 1 is 1.36 bits per heavy atom. The van der Waals surface area contributed by atoms with Crippen molar-refractivity contribution in [2.45, 2.75) is 6.54 Å². The van der Waals surface area contributed by atoms with Crippen LogP contribution in [0.3, 0.4) is 0 Å². The van der Waals surface area contributed by atoms with Crippen LogP contribution in [0.25, 0.3) is 0 Å². The molecule has 14 heavy (non-hydrogen) atoms. The summed E-state index contributed by atoms with van der Waals surface area (Å²) in [7, 11) is 0.